The molecule has 0 spiro atoms. The van der Waals surface area contributed by atoms with Gasteiger partial charge < -0.3 is 10.6 Å². The van der Waals surface area contributed by atoms with Crippen LogP contribution in [0.5, 0.6) is 0 Å². The molecule has 1 aromatic rings. The molecule has 1 fully saturated rings. The van der Waals surface area contributed by atoms with E-state index in [2.05, 4.69) is 41.4 Å². The summed E-state index contributed by atoms with van der Waals surface area (Å²) in [6.45, 7) is 10.9. The van der Waals surface area contributed by atoms with Gasteiger partial charge in [-0.2, -0.15) is 5.10 Å². The van der Waals surface area contributed by atoms with Crippen molar-refractivity contribution in [2.45, 2.75) is 52.1 Å². The molecule has 0 radical (unpaired) electrons. The molecule has 2 rings (SSSR count). The number of hydrogen-bond donors (Lipinski definition) is 2. The zero-order chi connectivity index (χ0) is 16.7. The summed E-state index contributed by atoms with van der Waals surface area (Å²) in [5, 5.41) is 10.2. The number of piperidine rings is 1. The van der Waals surface area contributed by atoms with Crippen molar-refractivity contribution in [1.29, 1.82) is 0 Å². The lowest BCUT2D eigenvalue weighted by molar-refractivity contribution is 0.0959. The first-order valence-electron chi connectivity index (χ1n) is 8.71. The summed E-state index contributed by atoms with van der Waals surface area (Å²) in [5.41, 5.74) is 0.0123. The van der Waals surface area contributed by atoms with Gasteiger partial charge in [0.2, 0.25) is 0 Å². The Hall–Kier alpha value is -1.56. The van der Waals surface area contributed by atoms with Crippen molar-refractivity contribution in [1.82, 2.24) is 25.3 Å². The Balaban J connectivity index is 1.65. The van der Waals surface area contributed by atoms with Crippen LogP contribution in [0.15, 0.2) is 18.5 Å². The Labute approximate surface area is 139 Å². The van der Waals surface area contributed by atoms with Crippen LogP contribution >= 0.6 is 0 Å². The topological polar surface area (TPSA) is 62.2 Å². The third-order valence-electron chi connectivity index (χ3n) is 4.56. The normalized spacial score (nSPS) is 17.7. The van der Waals surface area contributed by atoms with Gasteiger partial charge in [0, 0.05) is 37.6 Å². The van der Waals surface area contributed by atoms with Crippen molar-refractivity contribution in [2.24, 2.45) is 5.92 Å². The first-order valence-corrected chi connectivity index (χ1v) is 8.71. The number of aromatic nitrogens is 2. The zero-order valence-electron chi connectivity index (χ0n) is 14.7. The monoisotopic (exact) mass is 321 g/mol. The molecule has 6 heteroatoms. The molecule has 0 unspecified atom stereocenters. The van der Waals surface area contributed by atoms with Gasteiger partial charge in [-0.15, -0.1) is 0 Å². The van der Waals surface area contributed by atoms with E-state index in [9.17, 15) is 4.79 Å². The number of nitrogens with zero attached hydrogens (tertiary/aromatic N) is 3. The number of hydrogen-bond acceptors (Lipinski definition) is 3. The minimum Gasteiger partial charge on any atom is -0.338 e. The number of rotatable bonds is 7. The summed E-state index contributed by atoms with van der Waals surface area (Å²) in [5.74, 6) is 0.343. The minimum atomic E-state index is -0.0811. The number of carbonyl (C=O) groups excluding carboxylic acids is 1. The van der Waals surface area contributed by atoms with E-state index >= 15 is 0 Å². The molecular weight excluding hydrogens is 290 g/mol. The Morgan fingerprint density at radius 1 is 1.26 bits per heavy atom. The molecule has 1 saturated heterocycles. The van der Waals surface area contributed by atoms with Gasteiger partial charge in [-0.25, -0.2) is 4.79 Å². The molecule has 23 heavy (non-hydrogen) atoms. The first-order chi connectivity index (χ1) is 11.0. The highest BCUT2D eigenvalue weighted by Crippen LogP contribution is 2.19. The number of nitrogens with one attached hydrogen (secondary N) is 2. The second kappa shape index (κ2) is 8.34. The van der Waals surface area contributed by atoms with Crippen molar-refractivity contribution in [2.75, 3.05) is 26.2 Å². The maximum absolute atomic E-state index is 12.0. The first kappa shape index (κ1) is 17.8. The molecule has 2 N–H and O–H groups in total. The van der Waals surface area contributed by atoms with E-state index in [-0.39, 0.29) is 11.6 Å². The fourth-order valence-electron chi connectivity index (χ4n) is 3.03. The summed E-state index contributed by atoms with van der Waals surface area (Å²) in [4.78, 5) is 14.5. The zero-order valence-corrected chi connectivity index (χ0v) is 14.7. The second-order valence-corrected chi connectivity index (χ2v) is 7.26. The lowest BCUT2D eigenvalue weighted by atomic mass is 9.98. The molecule has 6 nitrogen and oxygen atoms in total. The molecule has 1 atom stereocenters. The maximum atomic E-state index is 12.0. The molecule has 2 amide bonds. The molecular formula is C17H31N5O. The number of carbonyl (C=O) groups is 1. The molecule has 0 saturated carbocycles. The van der Waals surface area contributed by atoms with E-state index in [4.69, 9.17) is 0 Å². The number of likely N-dealkylation sites (tertiary alicyclic amines) is 1. The van der Waals surface area contributed by atoms with E-state index < -0.39 is 0 Å². The van der Waals surface area contributed by atoms with Crippen LogP contribution in [0.25, 0.3) is 0 Å². The van der Waals surface area contributed by atoms with Crippen LogP contribution in [0.1, 0.15) is 40.0 Å². The lowest BCUT2D eigenvalue weighted by Crippen LogP contribution is -2.54. The fourth-order valence-corrected chi connectivity index (χ4v) is 3.03. The SMILES string of the molecule is C[C@H](CNC(=O)NCC(C)(C)N1CCCCC1)Cn1cccn1. The van der Waals surface area contributed by atoms with Crippen molar-refractivity contribution < 1.29 is 4.79 Å². The van der Waals surface area contributed by atoms with Crippen LogP contribution in [-0.4, -0.2) is 52.4 Å². The van der Waals surface area contributed by atoms with Gasteiger partial charge in [0.15, 0.2) is 0 Å². The molecule has 130 valence electrons. The third kappa shape index (κ3) is 5.86. The average molecular weight is 321 g/mol. The lowest BCUT2D eigenvalue weighted by Gasteiger charge is -2.41. The van der Waals surface area contributed by atoms with E-state index in [1.807, 2.05) is 16.9 Å². The van der Waals surface area contributed by atoms with Crippen LogP contribution in [0.4, 0.5) is 4.79 Å². The predicted octanol–water partition coefficient (Wildman–Crippen LogP) is 2.08. The van der Waals surface area contributed by atoms with Gasteiger partial charge in [-0.3, -0.25) is 9.58 Å². The number of urea groups is 1. The quantitative estimate of drug-likeness (QED) is 0.808. The summed E-state index contributed by atoms with van der Waals surface area (Å²) in [6.07, 6.45) is 7.57. The van der Waals surface area contributed by atoms with Gasteiger partial charge in [0.25, 0.3) is 0 Å². The Morgan fingerprint density at radius 2 is 2.00 bits per heavy atom. The van der Waals surface area contributed by atoms with Crippen molar-refractivity contribution in [3.8, 4) is 0 Å². The summed E-state index contributed by atoms with van der Waals surface area (Å²) in [6, 6.07) is 1.83. The largest absolute Gasteiger partial charge is 0.338 e. The minimum absolute atomic E-state index is 0.0123. The third-order valence-corrected chi connectivity index (χ3v) is 4.56. The smallest absolute Gasteiger partial charge is 0.314 e. The summed E-state index contributed by atoms with van der Waals surface area (Å²) < 4.78 is 1.89. The summed E-state index contributed by atoms with van der Waals surface area (Å²) in [7, 11) is 0. The van der Waals surface area contributed by atoms with Crippen molar-refractivity contribution in [3.05, 3.63) is 18.5 Å². The van der Waals surface area contributed by atoms with Gasteiger partial charge in [-0.05, 0) is 51.8 Å². The predicted molar refractivity (Wildman–Crippen MR) is 92.3 cm³/mol. The Kier molecular flexibility index (Phi) is 6.45. The van der Waals surface area contributed by atoms with E-state index in [0.29, 0.717) is 19.0 Å². The highest BCUT2D eigenvalue weighted by Gasteiger charge is 2.28. The second-order valence-electron chi connectivity index (χ2n) is 7.26. The molecule has 1 aliphatic rings. The Bertz CT molecular complexity index is 465. The maximum Gasteiger partial charge on any atom is 0.314 e. The van der Waals surface area contributed by atoms with Crippen LogP contribution in [0, 0.1) is 5.92 Å². The molecule has 0 aliphatic carbocycles. The molecule has 2 heterocycles. The highest BCUT2D eigenvalue weighted by atomic mass is 16.2. The molecule has 1 aromatic heterocycles. The Morgan fingerprint density at radius 3 is 2.65 bits per heavy atom. The van der Waals surface area contributed by atoms with Crippen molar-refractivity contribution >= 4 is 6.03 Å². The number of amides is 2. The van der Waals surface area contributed by atoms with Gasteiger partial charge in [-0.1, -0.05) is 13.3 Å². The summed E-state index contributed by atoms with van der Waals surface area (Å²) >= 11 is 0. The van der Waals surface area contributed by atoms with E-state index in [1.54, 1.807) is 6.20 Å². The molecule has 1 aliphatic heterocycles. The van der Waals surface area contributed by atoms with E-state index in [1.165, 1.54) is 19.3 Å². The van der Waals surface area contributed by atoms with Crippen LogP contribution < -0.4 is 10.6 Å². The van der Waals surface area contributed by atoms with Crippen LogP contribution in [0.3, 0.4) is 0 Å². The van der Waals surface area contributed by atoms with Crippen LogP contribution in [-0.2, 0) is 6.54 Å². The molecule has 0 bridgehead atoms. The van der Waals surface area contributed by atoms with Gasteiger partial charge >= 0.3 is 6.03 Å². The van der Waals surface area contributed by atoms with Gasteiger partial charge in [0.1, 0.15) is 0 Å². The fraction of sp³-hybridized carbons (Fsp3) is 0.765. The highest BCUT2D eigenvalue weighted by molar-refractivity contribution is 5.73. The standard InChI is InChI=1S/C17H31N5O/c1-15(13-22-11-7-8-20-22)12-18-16(23)19-14-17(2,3)21-9-5-4-6-10-21/h7-8,11,15H,4-6,9-10,12-14H2,1-3H3,(H2,18,19,23)/t15-/m1/s1. The molecule has 0 aromatic carbocycles. The average Bonchev–Trinajstić information content (AvgIpc) is 3.05. The van der Waals surface area contributed by atoms with Gasteiger partial charge in [0.05, 0.1) is 0 Å². The van der Waals surface area contributed by atoms with E-state index in [0.717, 1.165) is 19.6 Å². The van der Waals surface area contributed by atoms with Crippen molar-refractivity contribution in [3.63, 3.8) is 0 Å². The van der Waals surface area contributed by atoms with Crippen LogP contribution in [0.2, 0.25) is 0 Å².